The van der Waals surface area contributed by atoms with Crippen molar-refractivity contribution in [3.05, 3.63) is 70.8 Å². The topological polar surface area (TPSA) is 59.9 Å². The number of benzene rings is 2. The SMILES string of the molecule is C=CCc1cc(/C=N\NC(=O)c2ccc(Cl)cc2)cc(OCC)c1OCC. The predicted octanol–water partition coefficient (Wildman–Crippen LogP) is 4.63. The van der Waals surface area contributed by atoms with Crippen LogP contribution in [0.15, 0.2) is 54.2 Å². The molecular weight excluding hydrogens is 364 g/mol. The number of hydrazone groups is 1. The highest BCUT2D eigenvalue weighted by atomic mass is 35.5. The lowest BCUT2D eigenvalue weighted by molar-refractivity contribution is 0.0955. The molecule has 0 heterocycles. The van der Waals surface area contributed by atoms with E-state index in [1.807, 2.05) is 26.0 Å². The Bertz CT molecular complexity index is 817. The Morgan fingerprint density at radius 2 is 1.89 bits per heavy atom. The molecule has 142 valence electrons. The molecule has 0 fully saturated rings. The maximum Gasteiger partial charge on any atom is 0.271 e. The van der Waals surface area contributed by atoms with Crippen molar-refractivity contribution in [1.82, 2.24) is 5.43 Å². The molecule has 27 heavy (non-hydrogen) atoms. The average molecular weight is 387 g/mol. The van der Waals surface area contributed by atoms with Crippen molar-refractivity contribution in [3.63, 3.8) is 0 Å². The van der Waals surface area contributed by atoms with Gasteiger partial charge < -0.3 is 9.47 Å². The van der Waals surface area contributed by atoms with Crippen LogP contribution in [0.1, 0.15) is 35.3 Å². The smallest absolute Gasteiger partial charge is 0.271 e. The van der Waals surface area contributed by atoms with Crippen molar-refractivity contribution in [3.8, 4) is 11.5 Å². The molecule has 2 aromatic rings. The highest BCUT2D eigenvalue weighted by molar-refractivity contribution is 6.30. The number of carbonyl (C=O) groups excluding carboxylic acids is 1. The highest BCUT2D eigenvalue weighted by Gasteiger charge is 2.12. The summed E-state index contributed by atoms with van der Waals surface area (Å²) in [6.07, 6.45) is 4.00. The van der Waals surface area contributed by atoms with Crippen molar-refractivity contribution in [2.24, 2.45) is 5.10 Å². The molecule has 0 aliphatic rings. The van der Waals surface area contributed by atoms with Gasteiger partial charge in [-0.05, 0) is 62.2 Å². The zero-order valence-corrected chi connectivity index (χ0v) is 16.3. The van der Waals surface area contributed by atoms with Gasteiger partial charge in [-0.2, -0.15) is 5.10 Å². The van der Waals surface area contributed by atoms with Gasteiger partial charge in [0.1, 0.15) is 0 Å². The van der Waals surface area contributed by atoms with E-state index in [9.17, 15) is 4.79 Å². The van der Waals surface area contributed by atoms with Crippen LogP contribution in [0.3, 0.4) is 0 Å². The van der Waals surface area contributed by atoms with E-state index in [1.54, 1.807) is 36.6 Å². The number of ether oxygens (including phenoxy) is 2. The van der Waals surface area contributed by atoms with Crippen molar-refractivity contribution in [1.29, 1.82) is 0 Å². The number of amides is 1. The molecular formula is C21H23ClN2O3. The Labute approximate surface area is 164 Å². The number of carbonyl (C=O) groups is 1. The molecule has 0 aromatic heterocycles. The molecule has 0 aliphatic carbocycles. The summed E-state index contributed by atoms with van der Waals surface area (Å²) in [5.74, 6) is 1.04. The van der Waals surface area contributed by atoms with E-state index >= 15 is 0 Å². The fourth-order valence-corrected chi connectivity index (χ4v) is 2.59. The van der Waals surface area contributed by atoms with E-state index < -0.39 is 0 Å². The molecule has 1 N–H and O–H groups in total. The second kappa shape index (κ2) is 10.4. The standard InChI is InChI=1S/C21H23ClN2O3/c1-4-7-17-12-15(13-19(26-5-2)20(17)27-6-3)14-23-24-21(25)16-8-10-18(22)11-9-16/h4,8-14H,1,5-7H2,2-3H3,(H,24,25)/b23-14-. The first kappa shape index (κ1) is 20.5. The zero-order valence-electron chi connectivity index (χ0n) is 15.5. The number of nitrogens with zero attached hydrogens (tertiary/aromatic N) is 1. The van der Waals surface area contributed by atoms with Gasteiger partial charge in [0.25, 0.3) is 5.91 Å². The molecule has 0 saturated carbocycles. The van der Waals surface area contributed by atoms with Crippen LogP contribution in [0.5, 0.6) is 11.5 Å². The van der Waals surface area contributed by atoms with Gasteiger partial charge in [-0.25, -0.2) is 5.43 Å². The van der Waals surface area contributed by atoms with Crippen LogP contribution in [-0.4, -0.2) is 25.3 Å². The molecule has 1 amide bonds. The summed E-state index contributed by atoms with van der Waals surface area (Å²) in [5.41, 5.74) is 4.72. The van der Waals surface area contributed by atoms with E-state index in [0.717, 1.165) is 11.1 Å². The minimum absolute atomic E-state index is 0.315. The fourth-order valence-electron chi connectivity index (χ4n) is 2.47. The molecule has 5 nitrogen and oxygen atoms in total. The van der Waals surface area contributed by atoms with Gasteiger partial charge in [-0.15, -0.1) is 6.58 Å². The van der Waals surface area contributed by atoms with Crippen LogP contribution in [0, 0.1) is 0 Å². The third-order valence-electron chi connectivity index (χ3n) is 3.59. The normalized spacial score (nSPS) is 10.6. The summed E-state index contributed by atoms with van der Waals surface area (Å²) in [4.78, 5) is 12.1. The summed E-state index contributed by atoms with van der Waals surface area (Å²) >= 11 is 5.83. The van der Waals surface area contributed by atoms with Crippen LogP contribution in [0.2, 0.25) is 5.02 Å². The summed E-state index contributed by atoms with van der Waals surface area (Å²) in [5, 5.41) is 4.61. The van der Waals surface area contributed by atoms with Crippen molar-refractivity contribution >= 4 is 23.7 Å². The fraction of sp³-hybridized carbons (Fsp3) is 0.238. The van der Waals surface area contributed by atoms with Crippen LogP contribution in [0.25, 0.3) is 0 Å². The Hall–Kier alpha value is -2.79. The number of hydrogen-bond acceptors (Lipinski definition) is 4. The molecule has 0 aliphatic heterocycles. The van der Waals surface area contributed by atoms with Crippen molar-refractivity contribution < 1.29 is 14.3 Å². The second-order valence-electron chi connectivity index (χ2n) is 5.57. The first-order valence-corrected chi connectivity index (χ1v) is 9.09. The number of nitrogens with one attached hydrogen (secondary N) is 1. The molecule has 0 atom stereocenters. The summed E-state index contributed by atoms with van der Waals surface area (Å²) in [7, 11) is 0. The van der Waals surface area contributed by atoms with Crippen LogP contribution in [-0.2, 0) is 6.42 Å². The van der Waals surface area contributed by atoms with E-state index in [2.05, 4.69) is 17.1 Å². The highest BCUT2D eigenvalue weighted by Crippen LogP contribution is 2.33. The molecule has 0 bridgehead atoms. The molecule has 0 spiro atoms. The number of rotatable bonds is 9. The summed E-state index contributed by atoms with van der Waals surface area (Å²) in [6, 6.07) is 10.4. The van der Waals surface area contributed by atoms with Gasteiger partial charge in [0.15, 0.2) is 11.5 Å². The monoisotopic (exact) mass is 386 g/mol. The Kier molecular flexibility index (Phi) is 7.89. The van der Waals surface area contributed by atoms with Gasteiger partial charge >= 0.3 is 0 Å². The lowest BCUT2D eigenvalue weighted by Crippen LogP contribution is -2.17. The zero-order chi connectivity index (χ0) is 19.6. The van der Waals surface area contributed by atoms with E-state index in [-0.39, 0.29) is 5.91 Å². The Morgan fingerprint density at radius 1 is 1.19 bits per heavy atom. The molecule has 0 saturated heterocycles. The average Bonchev–Trinajstić information content (AvgIpc) is 2.65. The van der Waals surface area contributed by atoms with Crippen LogP contribution >= 0.6 is 11.6 Å². The minimum Gasteiger partial charge on any atom is -0.490 e. The first-order valence-electron chi connectivity index (χ1n) is 8.71. The number of allylic oxidation sites excluding steroid dienone is 1. The van der Waals surface area contributed by atoms with Gasteiger partial charge in [0.05, 0.1) is 19.4 Å². The lowest BCUT2D eigenvalue weighted by atomic mass is 10.1. The van der Waals surface area contributed by atoms with Crippen molar-refractivity contribution in [2.75, 3.05) is 13.2 Å². The third kappa shape index (κ3) is 5.86. The molecule has 0 unspecified atom stereocenters. The number of halogens is 1. The van der Waals surface area contributed by atoms with E-state index in [1.165, 1.54) is 0 Å². The quantitative estimate of drug-likeness (QED) is 0.388. The lowest BCUT2D eigenvalue weighted by Gasteiger charge is -2.15. The first-order chi connectivity index (χ1) is 13.1. The molecule has 6 heteroatoms. The van der Waals surface area contributed by atoms with Crippen LogP contribution in [0.4, 0.5) is 0 Å². The number of hydrogen-bond donors (Lipinski definition) is 1. The van der Waals surface area contributed by atoms with Gasteiger partial charge in [0.2, 0.25) is 0 Å². The maximum absolute atomic E-state index is 12.1. The van der Waals surface area contributed by atoms with Crippen molar-refractivity contribution in [2.45, 2.75) is 20.3 Å². The second-order valence-corrected chi connectivity index (χ2v) is 6.01. The van der Waals surface area contributed by atoms with Gasteiger partial charge in [-0.3, -0.25) is 4.79 Å². The summed E-state index contributed by atoms with van der Waals surface area (Å²) < 4.78 is 11.4. The van der Waals surface area contributed by atoms with Gasteiger partial charge in [0, 0.05) is 16.1 Å². The van der Waals surface area contributed by atoms with Crippen LogP contribution < -0.4 is 14.9 Å². The third-order valence-corrected chi connectivity index (χ3v) is 3.84. The van der Waals surface area contributed by atoms with E-state index in [4.69, 9.17) is 21.1 Å². The predicted molar refractivity (Wildman–Crippen MR) is 109 cm³/mol. The summed E-state index contributed by atoms with van der Waals surface area (Å²) in [6.45, 7) is 8.68. The molecule has 2 rings (SSSR count). The Morgan fingerprint density at radius 3 is 2.52 bits per heavy atom. The largest absolute Gasteiger partial charge is 0.490 e. The molecule has 0 radical (unpaired) electrons. The minimum atomic E-state index is -0.315. The Balaban J connectivity index is 2.20. The molecule has 2 aromatic carbocycles. The van der Waals surface area contributed by atoms with Gasteiger partial charge in [-0.1, -0.05) is 17.7 Å². The van der Waals surface area contributed by atoms with E-state index in [0.29, 0.717) is 41.7 Å². The maximum atomic E-state index is 12.1.